The van der Waals surface area contributed by atoms with Crippen LogP contribution in [0.15, 0.2) is 42.6 Å². The molecule has 5 heteroatoms. The van der Waals surface area contributed by atoms with Crippen molar-refractivity contribution in [2.75, 3.05) is 5.32 Å². The summed E-state index contributed by atoms with van der Waals surface area (Å²) in [4.78, 5) is 23.8. The number of nitrogens with zero attached hydrogens (tertiary/aromatic N) is 3. The maximum absolute atomic E-state index is 13.1. The standard InChI is InChI=1S/C22H30N4O/c1-17(2)26(16-18-10-6-5-7-11-18)21(27)20-14-15-23-22(25-20)24-19-12-8-3-4-9-13-19/h5-7,10-11,14-15,17,19H,3-4,8-9,12-13,16H2,1-2H3,(H,23,24,25). The van der Waals surface area contributed by atoms with Crippen molar-refractivity contribution < 1.29 is 4.79 Å². The molecule has 0 saturated heterocycles. The van der Waals surface area contributed by atoms with Crippen LogP contribution in [0.5, 0.6) is 0 Å². The minimum absolute atomic E-state index is 0.0554. The summed E-state index contributed by atoms with van der Waals surface area (Å²) in [5.74, 6) is 0.510. The monoisotopic (exact) mass is 366 g/mol. The summed E-state index contributed by atoms with van der Waals surface area (Å²) < 4.78 is 0. The molecule has 1 aliphatic rings. The SMILES string of the molecule is CC(C)N(Cc1ccccc1)C(=O)c1ccnc(NC2CCCCCC2)n1. The zero-order chi connectivity index (χ0) is 19.1. The van der Waals surface area contributed by atoms with E-state index in [4.69, 9.17) is 0 Å². The molecular weight excluding hydrogens is 336 g/mol. The summed E-state index contributed by atoms with van der Waals surface area (Å²) in [7, 11) is 0. The van der Waals surface area contributed by atoms with Crippen molar-refractivity contribution in [1.29, 1.82) is 0 Å². The summed E-state index contributed by atoms with van der Waals surface area (Å²) in [5, 5.41) is 3.44. The predicted octanol–water partition coefficient (Wildman–Crippen LogP) is 4.66. The molecule has 2 aromatic rings. The van der Waals surface area contributed by atoms with E-state index < -0.39 is 0 Å². The number of hydrogen-bond acceptors (Lipinski definition) is 4. The molecule has 1 heterocycles. The molecule has 0 atom stereocenters. The molecule has 1 fully saturated rings. The molecule has 1 aromatic carbocycles. The van der Waals surface area contributed by atoms with Gasteiger partial charge in [-0.15, -0.1) is 0 Å². The van der Waals surface area contributed by atoms with E-state index in [1.807, 2.05) is 49.1 Å². The highest BCUT2D eigenvalue weighted by Crippen LogP contribution is 2.20. The van der Waals surface area contributed by atoms with Crippen molar-refractivity contribution in [3.8, 4) is 0 Å². The third kappa shape index (κ3) is 5.52. The van der Waals surface area contributed by atoms with E-state index in [0.717, 1.165) is 18.4 Å². The normalized spacial score (nSPS) is 15.4. The molecule has 0 spiro atoms. The van der Waals surface area contributed by atoms with E-state index in [0.29, 0.717) is 24.2 Å². The Morgan fingerprint density at radius 3 is 2.48 bits per heavy atom. The fraction of sp³-hybridized carbons (Fsp3) is 0.500. The number of hydrogen-bond donors (Lipinski definition) is 1. The molecule has 0 radical (unpaired) electrons. The maximum Gasteiger partial charge on any atom is 0.273 e. The summed E-state index contributed by atoms with van der Waals surface area (Å²) >= 11 is 0. The van der Waals surface area contributed by atoms with Gasteiger partial charge in [0.2, 0.25) is 5.95 Å². The number of benzene rings is 1. The minimum atomic E-state index is -0.0554. The van der Waals surface area contributed by atoms with E-state index in [1.165, 1.54) is 25.7 Å². The minimum Gasteiger partial charge on any atom is -0.351 e. The Balaban J connectivity index is 1.72. The van der Waals surface area contributed by atoms with Crippen LogP contribution < -0.4 is 5.32 Å². The Morgan fingerprint density at radius 2 is 1.81 bits per heavy atom. The van der Waals surface area contributed by atoms with Crippen LogP contribution in [0.2, 0.25) is 0 Å². The number of carbonyl (C=O) groups is 1. The second kappa shape index (κ2) is 9.49. The van der Waals surface area contributed by atoms with E-state index >= 15 is 0 Å². The van der Waals surface area contributed by atoms with Gasteiger partial charge in [-0.2, -0.15) is 0 Å². The topological polar surface area (TPSA) is 58.1 Å². The van der Waals surface area contributed by atoms with Crippen LogP contribution in [-0.2, 0) is 6.54 Å². The van der Waals surface area contributed by atoms with Gasteiger partial charge in [0.25, 0.3) is 5.91 Å². The highest BCUT2D eigenvalue weighted by molar-refractivity contribution is 5.92. The number of carbonyl (C=O) groups excluding carboxylic acids is 1. The first kappa shape index (κ1) is 19.3. The number of rotatable bonds is 6. The van der Waals surface area contributed by atoms with Crippen LogP contribution in [0.4, 0.5) is 5.95 Å². The molecule has 1 amide bonds. The molecule has 1 aliphatic carbocycles. The highest BCUT2D eigenvalue weighted by atomic mass is 16.2. The Morgan fingerprint density at radius 1 is 1.11 bits per heavy atom. The fourth-order valence-electron chi connectivity index (χ4n) is 3.57. The van der Waals surface area contributed by atoms with Gasteiger partial charge in [0.15, 0.2) is 0 Å². The van der Waals surface area contributed by atoms with Crippen LogP contribution in [0.25, 0.3) is 0 Å². The predicted molar refractivity (Wildman–Crippen MR) is 109 cm³/mol. The average molecular weight is 367 g/mol. The van der Waals surface area contributed by atoms with Crippen molar-refractivity contribution in [3.63, 3.8) is 0 Å². The number of anilines is 1. The van der Waals surface area contributed by atoms with Crippen molar-refractivity contribution >= 4 is 11.9 Å². The van der Waals surface area contributed by atoms with Gasteiger partial charge in [-0.1, -0.05) is 56.0 Å². The van der Waals surface area contributed by atoms with Crippen molar-refractivity contribution in [3.05, 3.63) is 53.9 Å². The first-order valence-corrected chi connectivity index (χ1v) is 10.1. The molecule has 1 aromatic heterocycles. The van der Waals surface area contributed by atoms with Crippen molar-refractivity contribution in [2.24, 2.45) is 0 Å². The number of aromatic nitrogens is 2. The summed E-state index contributed by atoms with van der Waals surface area (Å²) in [6, 6.07) is 12.3. The Hall–Kier alpha value is -2.43. The summed E-state index contributed by atoms with van der Waals surface area (Å²) in [5.41, 5.74) is 1.57. The molecule has 3 rings (SSSR count). The van der Waals surface area contributed by atoms with Crippen LogP contribution >= 0.6 is 0 Å². The third-order valence-electron chi connectivity index (χ3n) is 5.14. The van der Waals surface area contributed by atoms with Crippen LogP contribution in [0.1, 0.15) is 68.4 Å². The fourth-order valence-corrected chi connectivity index (χ4v) is 3.57. The van der Waals surface area contributed by atoms with E-state index in [2.05, 4.69) is 15.3 Å². The van der Waals surface area contributed by atoms with E-state index in [1.54, 1.807) is 12.3 Å². The Kier molecular flexibility index (Phi) is 6.80. The lowest BCUT2D eigenvalue weighted by molar-refractivity contribution is 0.0684. The van der Waals surface area contributed by atoms with Gasteiger partial charge in [0, 0.05) is 24.8 Å². The zero-order valence-corrected chi connectivity index (χ0v) is 16.4. The Bertz CT molecular complexity index is 724. The molecule has 0 aliphatic heterocycles. The van der Waals surface area contributed by atoms with Crippen LogP contribution in [0.3, 0.4) is 0 Å². The molecule has 27 heavy (non-hydrogen) atoms. The lowest BCUT2D eigenvalue weighted by Crippen LogP contribution is -2.37. The molecular formula is C22H30N4O. The van der Waals surface area contributed by atoms with Gasteiger partial charge in [-0.3, -0.25) is 4.79 Å². The smallest absolute Gasteiger partial charge is 0.273 e. The molecule has 144 valence electrons. The second-order valence-corrected chi connectivity index (χ2v) is 7.61. The quantitative estimate of drug-likeness (QED) is 0.755. The third-order valence-corrected chi connectivity index (χ3v) is 5.14. The average Bonchev–Trinajstić information content (AvgIpc) is 2.95. The van der Waals surface area contributed by atoms with Gasteiger partial charge >= 0.3 is 0 Å². The van der Waals surface area contributed by atoms with Crippen LogP contribution in [0, 0.1) is 0 Å². The van der Waals surface area contributed by atoms with E-state index in [-0.39, 0.29) is 11.9 Å². The van der Waals surface area contributed by atoms with Gasteiger partial charge in [-0.25, -0.2) is 9.97 Å². The first-order chi connectivity index (χ1) is 13.1. The molecule has 1 saturated carbocycles. The number of nitrogens with one attached hydrogen (secondary N) is 1. The lowest BCUT2D eigenvalue weighted by atomic mass is 10.1. The van der Waals surface area contributed by atoms with Gasteiger partial charge < -0.3 is 10.2 Å². The van der Waals surface area contributed by atoms with Gasteiger partial charge in [0.1, 0.15) is 5.69 Å². The lowest BCUT2D eigenvalue weighted by Gasteiger charge is -2.26. The van der Waals surface area contributed by atoms with Gasteiger partial charge in [-0.05, 0) is 38.3 Å². The largest absolute Gasteiger partial charge is 0.351 e. The van der Waals surface area contributed by atoms with Crippen molar-refractivity contribution in [1.82, 2.24) is 14.9 Å². The van der Waals surface area contributed by atoms with Crippen molar-refractivity contribution in [2.45, 2.75) is 71.0 Å². The molecule has 0 unspecified atom stereocenters. The second-order valence-electron chi connectivity index (χ2n) is 7.61. The summed E-state index contributed by atoms with van der Waals surface area (Å²) in [6.45, 7) is 4.65. The highest BCUT2D eigenvalue weighted by Gasteiger charge is 2.21. The first-order valence-electron chi connectivity index (χ1n) is 10.1. The molecule has 0 bridgehead atoms. The Labute approximate surface area is 162 Å². The summed E-state index contributed by atoms with van der Waals surface area (Å²) in [6.07, 6.45) is 9.07. The molecule has 5 nitrogen and oxygen atoms in total. The zero-order valence-electron chi connectivity index (χ0n) is 16.4. The van der Waals surface area contributed by atoms with Gasteiger partial charge in [0.05, 0.1) is 0 Å². The number of amides is 1. The molecule has 1 N–H and O–H groups in total. The van der Waals surface area contributed by atoms with Crippen LogP contribution in [-0.4, -0.2) is 32.9 Å². The maximum atomic E-state index is 13.1. The van der Waals surface area contributed by atoms with E-state index in [9.17, 15) is 4.79 Å².